The minimum atomic E-state index is -2.96. The van der Waals surface area contributed by atoms with Crippen molar-refractivity contribution in [2.24, 2.45) is 0 Å². The fourth-order valence-corrected chi connectivity index (χ4v) is 8.45. The number of para-hydroxylation sites is 1. The first-order valence-electron chi connectivity index (χ1n) is 27.1. The highest BCUT2D eigenvalue weighted by atomic mass is 16.3. The molecule has 0 spiro atoms. The molecule has 0 saturated carbocycles. The first kappa shape index (κ1) is 32.7. The number of rotatable bonds is 7. The highest BCUT2D eigenvalue weighted by Gasteiger charge is 2.30. The standard InChI is InChI=1S/C62H60N2O/c1-40-27-29-42(30-28-40)44-23-17-24-45(33-44)47-34-46(41-19-13-11-14-20-41)35-48(36-47)51-25-18-26-56-57(51)63-59(53-38-50(61(5,6)7)39-54(58(53)65)62(8,9)10)64(56)55-32-31-49(60(2,3)4)37-52(55)43-21-15-12-16-22-43/h11-39,65H,1-10H3/i1D3,17D,23D,27D,28D,29D,30D,33D. The summed E-state index contributed by atoms with van der Waals surface area (Å²) < 4.78 is 89.1. The summed E-state index contributed by atoms with van der Waals surface area (Å²) in [5.74, 6) is 0.659. The summed E-state index contributed by atoms with van der Waals surface area (Å²) in [5.41, 5.74) is 8.99. The monoisotopic (exact) mass is 859 g/mol. The van der Waals surface area contributed by atoms with Gasteiger partial charge in [0.15, 0.2) is 0 Å². The van der Waals surface area contributed by atoms with Gasteiger partial charge in [-0.05, 0) is 127 Å². The second kappa shape index (κ2) is 16.5. The van der Waals surface area contributed by atoms with Gasteiger partial charge in [-0.15, -0.1) is 0 Å². The lowest BCUT2D eigenvalue weighted by atomic mass is 9.79. The van der Waals surface area contributed by atoms with Crippen LogP contribution in [0.4, 0.5) is 0 Å². The number of nitrogens with zero attached hydrogens (tertiary/aromatic N) is 2. The molecule has 0 radical (unpaired) electrons. The molecule has 1 aromatic heterocycles. The minimum absolute atomic E-state index is 0.132. The molecule has 8 aromatic carbocycles. The van der Waals surface area contributed by atoms with E-state index >= 15 is 0 Å². The molecule has 9 aromatic rings. The van der Waals surface area contributed by atoms with E-state index in [1.165, 1.54) is 6.07 Å². The summed E-state index contributed by atoms with van der Waals surface area (Å²) in [6.45, 7) is 16.4. The van der Waals surface area contributed by atoms with Crippen molar-refractivity contribution in [2.75, 3.05) is 0 Å². The van der Waals surface area contributed by atoms with Crippen LogP contribution in [0.3, 0.4) is 0 Å². The molecule has 0 amide bonds. The van der Waals surface area contributed by atoms with Crippen LogP contribution in [0, 0.1) is 6.85 Å². The Balaban J connectivity index is 1.39. The van der Waals surface area contributed by atoms with E-state index in [-0.39, 0.29) is 39.8 Å². The van der Waals surface area contributed by atoms with Crippen LogP contribution in [0.15, 0.2) is 176 Å². The maximum atomic E-state index is 12.6. The molecule has 0 atom stereocenters. The Bertz CT molecular complexity index is 3700. The molecule has 0 bridgehead atoms. The van der Waals surface area contributed by atoms with E-state index in [0.29, 0.717) is 28.0 Å². The number of aromatic hydroxyl groups is 1. The van der Waals surface area contributed by atoms with E-state index in [2.05, 4.69) is 109 Å². The first-order valence-corrected chi connectivity index (χ1v) is 22.1. The second-order valence-electron chi connectivity index (χ2n) is 20.0. The quantitative estimate of drug-likeness (QED) is 0.173. The van der Waals surface area contributed by atoms with Crippen molar-refractivity contribution in [3.05, 3.63) is 198 Å². The van der Waals surface area contributed by atoms with Gasteiger partial charge in [-0.3, -0.25) is 4.57 Å². The van der Waals surface area contributed by atoms with E-state index < -0.39 is 53.6 Å². The van der Waals surface area contributed by atoms with Crippen LogP contribution >= 0.6 is 0 Å². The number of fused-ring (bicyclic) bond motifs is 1. The highest BCUT2D eigenvalue weighted by Crippen LogP contribution is 2.46. The molecule has 0 fully saturated rings. The first-order chi connectivity index (χ1) is 35.1. The molecule has 0 aliphatic heterocycles. The van der Waals surface area contributed by atoms with Crippen molar-refractivity contribution < 1.29 is 18.8 Å². The number of imidazole rings is 1. The fraction of sp³-hybridized carbons (Fsp3) is 0.210. The lowest BCUT2D eigenvalue weighted by Crippen LogP contribution is -2.17. The predicted molar refractivity (Wildman–Crippen MR) is 276 cm³/mol. The van der Waals surface area contributed by atoms with Crippen LogP contribution in [-0.2, 0) is 16.2 Å². The van der Waals surface area contributed by atoms with Crippen LogP contribution in [0.25, 0.3) is 83.7 Å². The van der Waals surface area contributed by atoms with Crippen LogP contribution in [0.1, 0.15) is 98.3 Å². The third kappa shape index (κ3) is 8.56. The number of hydrogen-bond donors (Lipinski definition) is 1. The zero-order valence-corrected chi connectivity index (χ0v) is 38.5. The number of hydrogen-bond acceptors (Lipinski definition) is 2. The van der Waals surface area contributed by atoms with Gasteiger partial charge in [-0.2, -0.15) is 0 Å². The van der Waals surface area contributed by atoms with Gasteiger partial charge in [0.05, 0.1) is 31.9 Å². The van der Waals surface area contributed by atoms with E-state index in [1.807, 2.05) is 84.9 Å². The van der Waals surface area contributed by atoms with E-state index in [4.69, 9.17) is 17.3 Å². The summed E-state index contributed by atoms with van der Waals surface area (Å²) in [6, 6.07) is 39.7. The highest BCUT2D eigenvalue weighted by molar-refractivity contribution is 5.98. The molecule has 3 nitrogen and oxygen atoms in total. The summed E-state index contributed by atoms with van der Waals surface area (Å²) in [6.07, 6.45) is 0. The number of aromatic nitrogens is 2. The van der Waals surface area contributed by atoms with Crippen molar-refractivity contribution in [3.8, 4) is 78.5 Å². The summed E-state index contributed by atoms with van der Waals surface area (Å²) in [4.78, 5) is 5.60. The molecule has 0 aliphatic carbocycles. The fourth-order valence-electron chi connectivity index (χ4n) is 8.45. The number of benzene rings is 8. The Kier molecular flexibility index (Phi) is 8.31. The van der Waals surface area contributed by atoms with E-state index in [1.54, 1.807) is 0 Å². The Labute approximate surface area is 400 Å². The lowest BCUT2D eigenvalue weighted by molar-refractivity contribution is 0.446. The van der Waals surface area contributed by atoms with Crippen LogP contribution in [0.5, 0.6) is 5.75 Å². The van der Waals surface area contributed by atoms with Crippen molar-refractivity contribution in [1.82, 2.24) is 9.55 Å². The largest absolute Gasteiger partial charge is 0.507 e. The summed E-state index contributed by atoms with van der Waals surface area (Å²) in [5, 5.41) is 12.6. The second-order valence-corrected chi connectivity index (χ2v) is 20.0. The molecule has 0 saturated heterocycles. The molecular formula is C62H60N2O. The smallest absolute Gasteiger partial charge is 0.149 e. The average molecular weight is 859 g/mol. The molecule has 3 heteroatoms. The topological polar surface area (TPSA) is 38.1 Å². The van der Waals surface area contributed by atoms with Gasteiger partial charge in [-0.1, -0.05) is 195 Å². The molecule has 9 rings (SSSR count). The van der Waals surface area contributed by atoms with Gasteiger partial charge in [0.2, 0.25) is 0 Å². The average Bonchev–Trinajstić information content (AvgIpc) is 3.76. The van der Waals surface area contributed by atoms with Gasteiger partial charge >= 0.3 is 0 Å². The van der Waals surface area contributed by atoms with Crippen LogP contribution in [0.2, 0.25) is 0 Å². The third-order valence-corrected chi connectivity index (χ3v) is 12.1. The summed E-state index contributed by atoms with van der Waals surface area (Å²) in [7, 11) is 0. The summed E-state index contributed by atoms with van der Waals surface area (Å²) >= 11 is 0. The Hall–Kier alpha value is -6.97. The van der Waals surface area contributed by atoms with Crippen molar-refractivity contribution in [3.63, 3.8) is 0 Å². The maximum absolute atomic E-state index is 12.6. The van der Waals surface area contributed by atoms with Gasteiger partial charge in [0.25, 0.3) is 0 Å². The molecule has 1 heterocycles. The van der Waals surface area contributed by atoms with E-state index in [9.17, 15) is 6.48 Å². The van der Waals surface area contributed by atoms with Crippen molar-refractivity contribution >= 4 is 11.0 Å². The van der Waals surface area contributed by atoms with Crippen molar-refractivity contribution in [2.45, 2.75) is 85.4 Å². The van der Waals surface area contributed by atoms with Gasteiger partial charge in [0.1, 0.15) is 11.6 Å². The molecule has 0 unspecified atom stereocenters. The predicted octanol–water partition coefficient (Wildman–Crippen LogP) is 16.9. The molecule has 0 aliphatic rings. The SMILES string of the molecule is [2H]c1cc(-c2cc(-c3ccccc3)cc(-c3cccc4c3nc(-c3cc(C(C)(C)C)cc(C(C)(C)C)c3O)n4-c3ccc(C(C)(C)C)cc3-c3ccccc3)c2)c([2H])c(-c2c([2H])c([2H])c(C([2H])([2H])[2H])c([2H])c2[2H])c1[2H]. The van der Waals surface area contributed by atoms with Crippen LogP contribution in [-0.4, -0.2) is 14.7 Å². The molecular weight excluding hydrogens is 789 g/mol. The third-order valence-electron chi connectivity index (χ3n) is 12.1. The zero-order valence-electron chi connectivity index (χ0n) is 48.5. The number of phenols is 1. The van der Waals surface area contributed by atoms with Gasteiger partial charge in [-0.25, -0.2) is 4.98 Å². The molecule has 1 N–H and O–H groups in total. The lowest BCUT2D eigenvalue weighted by Gasteiger charge is -2.28. The maximum Gasteiger partial charge on any atom is 0.149 e. The minimum Gasteiger partial charge on any atom is -0.507 e. The molecule has 324 valence electrons. The van der Waals surface area contributed by atoms with Crippen molar-refractivity contribution in [1.29, 1.82) is 0 Å². The molecule has 65 heavy (non-hydrogen) atoms. The van der Waals surface area contributed by atoms with Gasteiger partial charge in [0, 0.05) is 20.8 Å². The normalized spacial score (nSPS) is 14.6. The number of phenolic OH excluding ortho intramolecular Hbond substituents is 1. The Morgan fingerprint density at radius 3 is 1.77 bits per heavy atom. The zero-order chi connectivity index (χ0) is 54.4. The Morgan fingerprint density at radius 1 is 0.492 bits per heavy atom. The Morgan fingerprint density at radius 2 is 1.12 bits per heavy atom. The van der Waals surface area contributed by atoms with E-state index in [0.717, 1.165) is 55.7 Å². The van der Waals surface area contributed by atoms with Gasteiger partial charge < -0.3 is 5.11 Å². The van der Waals surface area contributed by atoms with Crippen LogP contribution < -0.4 is 0 Å².